The Morgan fingerprint density at radius 1 is 0.656 bits per heavy atom. The fourth-order valence-corrected chi connectivity index (χ4v) is 7.13. The van der Waals surface area contributed by atoms with E-state index in [0.717, 1.165) is 53.4 Å². The molecule has 0 radical (unpaired) electrons. The van der Waals surface area contributed by atoms with Crippen LogP contribution < -0.4 is 11.1 Å². The number of hydrogen-bond acceptors (Lipinski definition) is 6. The maximum absolute atomic E-state index is 13.6. The third kappa shape index (κ3) is 1.69. The van der Waals surface area contributed by atoms with Gasteiger partial charge in [0.1, 0.15) is 32.0 Å². The van der Waals surface area contributed by atoms with Crippen LogP contribution in [0.5, 0.6) is 0 Å². The van der Waals surface area contributed by atoms with Crippen molar-refractivity contribution >= 4 is 87.0 Å². The predicted octanol–water partition coefficient (Wildman–Crippen LogP) is 5.08. The maximum atomic E-state index is 13.6. The molecule has 152 valence electrons. The van der Waals surface area contributed by atoms with Crippen molar-refractivity contribution in [1.29, 1.82) is 0 Å². The van der Waals surface area contributed by atoms with E-state index < -0.39 is 0 Å². The Labute approximate surface area is 186 Å². The molecule has 6 aromatic heterocycles. The average Bonchev–Trinajstić information content (AvgIpc) is 3.53. The van der Waals surface area contributed by atoms with Crippen LogP contribution in [0.1, 0.15) is 11.1 Å². The second-order valence-corrected chi connectivity index (χ2v) is 10.1. The molecule has 8 rings (SSSR count). The first-order valence-electron chi connectivity index (χ1n) is 10.2. The number of fused-ring (bicyclic) bond motifs is 8. The molecular formula is C24H12N4O2S2. The Morgan fingerprint density at radius 2 is 1.06 bits per heavy atom. The largest absolute Gasteiger partial charge is 0.268 e. The van der Waals surface area contributed by atoms with Gasteiger partial charge in [-0.25, -0.2) is 18.8 Å². The lowest BCUT2D eigenvalue weighted by Crippen LogP contribution is -2.16. The van der Waals surface area contributed by atoms with E-state index in [-0.39, 0.29) is 11.1 Å². The van der Waals surface area contributed by atoms with Gasteiger partial charge in [-0.05, 0) is 60.0 Å². The molecule has 6 nitrogen and oxygen atoms in total. The summed E-state index contributed by atoms with van der Waals surface area (Å²) < 4.78 is 3.44. The second-order valence-electron chi connectivity index (χ2n) is 8.37. The minimum atomic E-state index is -0.0984. The monoisotopic (exact) mass is 452 g/mol. The molecule has 0 unspecified atom stereocenters. The molecule has 0 spiro atoms. The van der Waals surface area contributed by atoms with Gasteiger partial charge in [-0.3, -0.25) is 9.59 Å². The first-order valence-corrected chi connectivity index (χ1v) is 11.9. The predicted molar refractivity (Wildman–Crippen MR) is 132 cm³/mol. The standard InChI is InChI=1S/C24H12N4O2S2/c1-9-7-31-23-17(9)25-19-11-3-4-12-16-14(6-5-13(15(11)16)21(29)27(19)23)22(30)28-20(12)26-18-10(2)8-32-24(18)28/h3-8H,1-2H3. The number of aryl methyl sites for hydroxylation is 2. The van der Waals surface area contributed by atoms with Gasteiger partial charge in [0.25, 0.3) is 11.1 Å². The lowest BCUT2D eigenvalue weighted by molar-refractivity contribution is 1.19. The van der Waals surface area contributed by atoms with Gasteiger partial charge in [-0.15, -0.1) is 22.7 Å². The Hall–Kier alpha value is -3.62. The van der Waals surface area contributed by atoms with Gasteiger partial charge in [0.2, 0.25) is 0 Å². The Kier molecular flexibility index (Phi) is 2.78. The summed E-state index contributed by atoms with van der Waals surface area (Å²) in [6.45, 7) is 4.02. The molecule has 6 heterocycles. The number of pyridine rings is 2. The SMILES string of the molecule is Cc1csc2c1nc1c3ccc4c5c(ccc(c(=O)n12)c35)c(=O)n1c4nc2c(C)csc21. The summed E-state index contributed by atoms with van der Waals surface area (Å²) in [6, 6.07) is 7.62. The Bertz CT molecular complexity index is 2060. The summed E-state index contributed by atoms with van der Waals surface area (Å²) in [5, 5.41) is 8.63. The molecule has 0 saturated carbocycles. The van der Waals surface area contributed by atoms with Crippen molar-refractivity contribution in [1.82, 2.24) is 18.8 Å². The van der Waals surface area contributed by atoms with Gasteiger partial charge in [-0.2, -0.15) is 0 Å². The molecule has 0 aliphatic carbocycles. The molecule has 0 aliphatic rings. The molecule has 0 aliphatic heterocycles. The highest BCUT2D eigenvalue weighted by atomic mass is 32.1. The van der Waals surface area contributed by atoms with Crippen molar-refractivity contribution < 1.29 is 0 Å². The topological polar surface area (TPSA) is 68.7 Å². The summed E-state index contributed by atoms with van der Waals surface area (Å²) in [4.78, 5) is 38.6. The lowest BCUT2D eigenvalue weighted by atomic mass is 9.96. The number of benzene rings is 2. The van der Waals surface area contributed by atoms with Crippen LogP contribution in [0.2, 0.25) is 0 Å². The molecule has 8 aromatic rings. The van der Waals surface area contributed by atoms with Crippen LogP contribution in [0, 0.1) is 13.8 Å². The zero-order valence-electron chi connectivity index (χ0n) is 16.9. The van der Waals surface area contributed by atoms with E-state index in [0.29, 0.717) is 22.1 Å². The fourth-order valence-electron chi connectivity index (χ4n) is 5.15. The van der Waals surface area contributed by atoms with Crippen molar-refractivity contribution in [3.63, 3.8) is 0 Å². The van der Waals surface area contributed by atoms with Crippen molar-refractivity contribution in [3.05, 3.63) is 66.9 Å². The highest BCUT2D eigenvalue weighted by Crippen LogP contribution is 2.38. The Balaban J connectivity index is 1.73. The molecule has 0 N–H and O–H groups in total. The quantitative estimate of drug-likeness (QED) is 0.301. The smallest absolute Gasteiger partial charge is 0.265 e. The summed E-state index contributed by atoms with van der Waals surface area (Å²) >= 11 is 3.07. The van der Waals surface area contributed by atoms with E-state index in [1.165, 1.54) is 22.7 Å². The first kappa shape index (κ1) is 17.0. The van der Waals surface area contributed by atoms with Gasteiger partial charge in [0.15, 0.2) is 0 Å². The lowest BCUT2D eigenvalue weighted by Gasteiger charge is -2.11. The first-order chi connectivity index (χ1) is 15.5. The summed E-state index contributed by atoms with van der Waals surface area (Å²) in [5.74, 6) is 0. The molecule has 0 atom stereocenters. The van der Waals surface area contributed by atoms with Gasteiger partial charge in [-0.1, -0.05) is 0 Å². The van der Waals surface area contributed by atoms with E-state index in [1.54, 1.807) is 20.9 Å². The molecule has 8 heteroatoms. The van der Waals surface area contributed by atoms with Gasteiger partial charge < -0.3 is 0 Å². The van der Waals surface area contributed by atoms with Gasteiger partial charge in [0.05, 0.1) is 0 Å². The fraction of sp³-hybridized carbons (Fsp3) is 0.0833. The van der Waals surface area contributed by atoms with Crippen LogP contribution in [0.15, 0.2) is 44.6 Å². The summed E-state index contributed by atoms with van der Waals surface area (Å²) in [6.07, 6.45) is 0. The molecule has 2 aromatic carbocycles. The van der Waals surface area contributed by atoms with E-state index in [9.17, 15) is 9.59 Å². The van der Waals surface area contributed by atoms with Crippen molar-refractivity contribution in [2.45, 2.75) is 13.8 Å². The van der Waals surface area contributed by atoms with Crippen LogP contribution in [0.3, 0.4) is 0 Å². The highest BCUT2D eigenvalue weighted by molar-refractivity contribution is 7.17. The minimum absolute atomic E-state index is 0.0984. The molecular weight excluding hydrogens is 440 g/mol. The van der Waals surface area contributed by atoms with Crippen LogP contribution in [0.4, 0.5) is 0 Å². The molecule has 0 bridgehead atoms. The van der Waals surface area contributed by atoms with Gasteiger partial charge in [0, 0.05) is 32.3 Å². The third-order valence-corrected chi connectivity index (χ3v) is 8.76. The maximum Gasteiger partial charge on any atom is 0.265 e. The molecule has 0 fully saturated rings. The number of aromatic nitrogens is 4. The van der Waals surface area contributed by atoms with Gasteiger partial charge >= 0.3 is 0 Å². The average molecular weight is 453 g/mol. The summed E-state index contributed by atoms with van der Waals surface area (Å²) in [5.41, 5.74) is 4.94. The number of hydrogen-bond donors (Lipinski definition) is 0. The number of thiophene rings is 2. The number of nitrogens with zero attached hydrogens (tertiary/aromatic N) is 4. The number of imidazole rings is 2. The van der Waals surface area contributed by atoms with Crippen molar-refractivity contribution in [2.24, 2.45) is 0 Å². The second kappa shape index (κ2) is 5.23. The molecule has 32 heavy (non-hydrogen) atoms. The Morgan fingerprint density at radius 3 is 1.50 bits per heavy atom. The third-order valence-electron chi connectivity index (χ3n) is 6.62. The minimum Gasteiger partial charge on any atom is -0.268 e. The zero-order chi connectivity index (χ0) is 21.5. The van der Waals surface area contributed by atoms with E-state index in [2.05, 4.69) is 0 Å². The van der Waals surface area contributed by atoms with Crippen LogP contribution in [-0.4, -0.2) is 18.8 Å². The summed E-state index contributed by atoms with van der Waals surface area (Å²) in [7, 11) is 0. The van der Waals surface area contributed by atoms with Crippen LogP contribution >= 0.6 is 22.7 Å². The van der Waals surface area contributed by atoms with Crippen LogP contribution in [-0.2, 0) is 0 Å². The molecule has 0 saturated heterocycles. The van der Waals surface area contributed by atoms with E-state index in [1.807, 2.05) is 36.7 Å². The highest BCUT2D eigenvalue weighted by Gasteiger charge is 2.23. The van der Waals surface area contributed by atoms with Crippen molar-refractivity contribution in [2.75, 3.05) is 0 Å². The van der Waals surface area contributed by atoms with Crippen molar-refractivity contribution in [3.8, 4) is 0 Å². The number of rotatable bonds is 0. The normalized spacial score (nSPS) is 12.9. The zero-order valence-corrected chi connectivity index (χ0v) is 18.5. The van der Waals surface area contributed by atoms with E-state index in [4.69, 9.17) is 9.97 Å². The molecule has 0 amide bonds. The van der Waals surface area contributed by atoms with Crippen LogP contribution in [0.25, 0.3) is 64.3 Å². The van der Waals surface area contributed by atoms with E-state index >= 15 is 0 Å².